The standard InChI is InChI=1S/C47H67N5O7/c1-3-5-7-9-11-13-15-16-18-20-22-28-34-59-39-32-26-24-30-37(39)49-45(54)42(52-35-48-40(46(55)56)41(52)47(57)58)43-50-44(53)36-29-23-25-31-38(36)51(43)33-27-21-19-17-14-12-10-8-6-4-2/h23-26,29-32,35,42H,3-22,27-28,33-34H2,1-2H3,(H,49,54)(H,55,56)(H,57,58). The van der Waals surface area contributed by atoms with Crippen molar-refractivity contribution in [3.8, 4) is 5.75 Å². The first-order chi connectivity index (χ1) is 28.8. The van der Waals surface area contributed by atoms with Crippen molar-refractivity contribution in [2.75, 3.05) is 11.9 Å². The Kier molecular flexibility index (Phi) is 20.7. The smallest absolute Gasteiger partial charge is 0.357 e. The van der Waals surface area contributed by atoms with E-state index in [2.05, 4.69) is 29.1 Å². The Bertz CT molecular complexity index is 1950. The SMILES string of the molecule is CCCCCCCCCCCCCCOc1ccccc1NC(=O)C(c1nc(=O)c2ccccc2n1CCCCCCCCCCCC)n1cnc(C(=O)O)c1C(=O)O. The molecular formula is C47H67N5O7. The number of aromatic nitrogens is 4. The van der Waals surface area contributed by atoms with E-state index in [9.17, 15) is 29.4 Å². The average molecular weight is 814 g/mol. The second-order valence-corrected chi connectivity index (χ2v) is 15.7. The summed E-state index contributed by atoms with van der Waals surface area (Å²) in [6.45, 7) is 5.30. The molecule has 3 N–H and O–H groups in total. The third-order valence-electron chi connectivity index (χ3n) is 11.0. The highest BCUT2D eigenvalue weighted by molar-refractivity contribution is 6.01. The van der Waals surface area contributed by atoms with E-state index in [0.717, 1.165) is 55.8 Å². The minimum absolute atomic E-state index is 0.0196. The van der Waals surface area contributed by atoms with Gasteiger partial charge in [-0.15, -0.1) is 0 Å². The lowest BCUT2D eigenvalue weighted by atomic mass is 10.1. The molecule has 322 valence electrons. The highest BCUT2D eigenvalue weighted by Gasteiger charge is 2.35. The van der Waals surface area contributed by atoms with Gasteiger partial charge in [-0.25, -0.2) is 14.6 Å². The zero-order valence-corrected chi connectivity index (χ0v) is 35.5. The van der Waals surface area contributed by atoms with E-state index in [1.165, 1.54) is 96.3 Å². The molecule has 0 aliphatic carbocycles. The van der Waals surface area contributed by atoms with Crippen molar-refractivity contribution in [1.29, 1.82) is 0 Å². The lowest BCUT2D eigenvalue weighted by Crippen LogP contribution is -2.34. The molecule has 2 aromatic carbocycles. The molecule has 0 saturated carbocycles. The van der Waals surface area contributed by atoms with Crippen LogP contribution in [0.4, 0.5) is 5.69 Å². The van der Waals surface area contributed by atoms with Crippen LogP contribution >= 0.6 is 0 Å². The molecule has 0 aliphatic rings. The molecule has 59 heavy (non-hydrogen) atoms. The number of amides is 1. The van der Waals surface area contributed by atoms with Gasteiger partial charge in [-0.3, -0.25) is 9.59 Å². The average Bonchev–Trinajstić information content (AvgIpc) is 3.67. The second kappa shape index (κ2) is 26.2. The van der Waals surface area contributed by atoms with E-state index in [4.69, 9.17) is 4.74 Å². The number of benzene rings is 2. The van der Waals surface area contributed by atoms with Crippen LogP contribution in [0.15, 0.2) is 59.7 Å². The molecule has 0 fully saturated rings. The Morgan fingerprint density at radius 3 is 1.78 bits per heavy atom. The fourth-order valence-electron chi connectivity index (χ4n) is 7.75. The predicted octanol–water partition coefficient (Wildman–Crippen LogP) is 11.2. The van der Waals surface area contributed by atoms with E-state index in [0.29, 0.717) is 35.5 Å². The third kappa shape index (κ3) is 14.7. The summed E-state index contributed by atoms with van der Waals surface area (Å²) in [4.78, 5) is 61.4. The zero-order chi connectivity index (χ0) is 42.2. The Hall–Kier alpha value is -5.00. The fraction of sp³-hybridized carbons (Fsp3) is 0.574. The minimum atomic E-state index is -1.59. The lowest BCUT2D eigenvalue weighted by Gasteiger charge is -2.24. The van der Waals surface area contributed by atoms with E-state index >= 15 is 0 Å². The maximum atomic E-state index is 14.6. The number of aryl methyl sites for hydroxylation is 1. The van der Waals surface area contributed by atoms with Gasteiger partial charge in [0.15, 0.2) is 17.4 Å². The molecule has 12 heteroatoms. The number of hydrogen-bond acceptors (Lipinski definition) is 7. The predicted molar refractivity (Wildman–Crippen MR) is 234 cm³/mol. The number of anilines is 1. The number of unbranched alkanes of at least 4 members (excludes halogenated alkanes) is 20. The van der Waals surface area contributed by atoms with Gasteiger partial charge < -0.3 is 29.4 Å². The molecule has 2 aromatic heterocycles. The van der Waals surface area contributed by atoms with Gasteiger partial charge in [-0.1, -0.05) is 167 Å². The quantitative estimate of drug-likeness (QED) is 0.0419. The van der Waals surface area contributed by atoms with Gasteiger partial charge in [-0.05, 0) is 37.1 Å². The Morgan fingerprint density at radius 1 is 0.678 bits per heavy atom. The third-order valence-corrected chi connectivity index (χ3v) is 11.0. The molecule has 0 radical (unpaired) electrons. The summed E-state index contributed by atoms with van der Waals surface area (Å²) < 4.78 is 8.93. The summed E-state index contributed by atoms with van der Waals surface area (Å²) >= 11 is 0. The number of fused-ring (bicyclic) bond motifs is 1. The maximum Gasteiger partial charge on any atom is 0.357 e. The molecule has 1 atom stereocenters. The summed E-state index contributed by atoms with van der Waals surface area (Å²) in [5, 5.41) is 23.4. The lowest BCUT2D eigenvalue weighted by molar-refractivity contribution is -0.118. The number of carbonyl (C=O) groups is 3. The number of carbonyl (C=O) groups excluding carboxylic acids is 1. The highest BCUT2D eigenvalue weighted by Crippen LogP contribution is 2.29. The van der Waals surface area contributed by atoms with Crippen LogP contribution in [0.25, 0.3) is 10.9 Å². The van der Waals surface area contributed by atoms with Crippen molar-refractivity contribution in [3.05, 3.63) is 82.4 Å². The molecular weight excluding hydrogens is 747 g/mol. The van der Waals surface area contributed by atoms with Gasteiger partial charge in [-0.2, -0.15) is 4.98 Å². The number of nitrogens with zero attached hydrogens (tertiary/aromatic N) is 4. The van der Waals surface area contributed by atoms with Crippen LogP contribution in [0.3, 0.4) is 0 Å². The van der Waals surface area contributed by atoms with Gasteiger partial charge in [0, 0.05) is 6.54 Å². The van der Waals surface area contributed by atoms with Gasteiger partial charge >= 0.3 is 11.9 Å². The summed E-state index contributed by atoms with van der Waals surface area (Å²) in [7, 11) is 0. The highest BCUT2D eigenvalue weighted by atomic mass is 16.5. The number of aromatic carboxylic acids is 2. The monoisotopic (exact) mass is 814 g/mol. The molecule has 0 spiro atoms. The minimum Gasteiger partial charge on any atom is -0.491 e. The molecule has 0 saturated heterocycles. The van der Waals surface area contributed by atoms with Crippen molar-refractivity contribution in [2.24, 2.45) is 0 Å². The van der Waals surface area contributed by atoms with Crippen LogP contribution in [0.2, 0.25) is 0 Å². The van der Waals surface area contributed by atoms with Crippen molar-refractivity contribution >= 4 is 34.4 Å². The number of para-hydroxylation sites is 3. The normalized spacial score (nSPS) is 11.8. The van der Waals surface area contributed by atoms with Gasteiger partial charge in [0.25, 0.3) is 11.5 Å². The van der Waals surface area contributed by atoms with Gasteiger partial charge in [0.1, 0.15) is 11.6 Å². The number of nitrogens with one attached hydrogen (secondary N) is 1. The van der Waals surface area contributed by atoms with Crippen molar-refractivity contribution < 1.29 is 29.3 Å². The number of hydrogen-bond donors (Lipinski definition) is 3. The number of carboxylic acid groups (broad SMARTS) is 2. The summed E-state index contributed by atoms with van der Waals surface area (Å²) in [6.07, 6.45) is 26.9. The molecule has 4 aromatic rings. The van der Waals surface area contributed by atoms with Gasteiger partial charge in [0.05, 0.1) is 29.5 Å². The van der Waals surface area contributed by atoms with Crippen LogP contribution in [-0.4, -0.2) is 53.8 Å². The van der Waals surface area contributed by atoms with E-state index in [1.54, 1.807) is 53.1 Å². The molecule has 0 bridgehead atoms. The number of carboxylic acids is 2. The van der Waals surface area contributed by atoms with Crippen molar-refractivity contribution in [3.63, 3.8) is 0 Å². The van der Waals surface area contributed by atoms with Crippen LogP contribution in [-0.2, 0) is 11.3 Å². The molecule has 1 amide bonds. The molecule has 4 rings (SSSR count). The van der Waals surface area contributed by atoms with E-state index in [1.807, 2.05) is 0 Å². The first-order valence-corrected chi connectivity index (χ1v) is 22.3. The van der Waals surface area contributed by atoms with Crippen LogP contribution in [0.1, 0.15) is 188 Å². The maximum absolute atomic E-state index is 14.6. The first-order valence-electron chi connectivity index (χ1n) is 22.3. The Balaban J connectivity index is 1.53. The zero-order valence-electron chi connectivity index (χ0n) is 35.5. The molecule has 12 nitrogen and oxygen atoms in total. The number of ether oxygens (including phenoxy) is 1. The number of imidazole rings is 1. The molecule has 0 aliphatic heterocycles. The largest absolute Gasteiger partial charge is 0.491 e. The van der Waals surface area contributed by atoms with Crippen LogP contribution in [0, 0.1) is 0 Å². The molecule has 2 heterocycles. The summed E-state index contributed by atoms with van der Waals surface area (Å²) in [5.41, 5.74) is -1.14. The molecule has 1 unspecified atom stereocenters. The fourth-order valence-corrected chi connectivity index (χ4v) is 7.75. The van der Waals surface area contributed by atoms with E-state index < -0.39 is 40.8 Å². The van der Waals surface area contributed by atoms with Crippen molar-refractivity contribution in [1.82, 2.24) is 19.1 Å². The summed E-state index contributed by atoms with van der Waals surface area (Å²) in [5.74, 6) is -3.47. The van der Waals surface area contributed by atoms with Crippen LogP contribution in [0.5, 0.6) is 5.75 Å². The Labute approximate surface area is 349 Å². The van der Waals surface area contributed by atoms with E-state index in [-0.39, 0.29) is 5.82 Å². The second-order valence-electron chi connectivity index (χ2n) is 15.7. The van der Waals surface area contributed by atoms with Gasteiger partial charge in [0.2, 0.25) is 0 Å². The topological polar surface area (TPSA) is 166 Å². The van der Waals surface area contributed by atoms with Crippen LogP contribution < -0.4 is 15.6 Å². The number of rotatable bonds is 31. The Morgan fingerprint density at radius 2 is 1.20 bits per heavy atom. The summed E-state index contributed by atoms with van der Waals surface area (Å²) in [6, 6.07) is 12.4. The van der Waals surface area contributed by atoms with Crippen molar-refractivity contribution in [2.45, 2.75) is 168 Å². The first kappa shape index (κ1) is 46.7.